The second-order valence-electron chi connectivity index (χ2n) is 4.61. The first-order valence-corrected chi connectivity index (χ1v) is 8.70. The van der Waals surface area contributed by atoms with Gasteiger partial charge in [-0.05, 0) is 47.0 Å². The Bertz CT molecular complexity index is 701. The Balaban J connectivity index is 2.32. The molecule has 0 atom stereocenters. The summed E-state index contributed by atoms with van der Waals surface area (Å²) < 4.78 is 61.0. The van der Waals surface area contributed by atoms with Gasteiger partial charge in [-0.25, -0.2) is 8.42 Å². The third kappa shape index (κ3) is 3.35. The minimum atomic E-state index is -4.55. The Morgan fingerprint density at radius 2 is 1.90 bits per heavy atom. The van der Waals surface area contributed by atoms with Gasteiger partial charge in [0.05, 0.1) is 10.5 Å². The van der Waals surface area contributed by atoms with Gasteiger partial charge >= 0.3 is 6.18 Å². The monoisotopic (exact) mass is 405 g/mol. The van der Waals surface area contributed by atoms with Crippen LogP contribution in [0.2, 0.25) is 0 Å². The van der Waals surface area contributed by atoms with Gasteiger partial charge in [-0.3, -0.25) is 4.79 Å². The van der Waals surface area contributed by atoms with Gasteiger partial charge in [0, 0.05) is 15.2 Å². The highest BCUT2D eigenvalue weighted by Gasteiger charge is 2.64. The van der Waals surface area contributed by atoms with Crippen molar-refractivity contribution in [1.29, 1.82) is 0 Å². The molecule has 0 heterocycles. The van der Waals surface area contributed by atoms with E-state index in [1.807, 2.05) is 5.32 Å². The molecule has 1 N–H and O–H groups in total. The van der Waals surface area contributed by atoms with Crippen LogP contribution >= 0.6 is 26.6 Å². The largest absolute Gasteiger partial charge is 0.411 e. The van der Waals surface area contributed by atoms with Gasteiger partial charge in [0.2, 0.25) is 0 Å². The summed E-state index contributed by atoms with van der Waals surface area (Å²) >= 11 is 3.00. The standard InChI is InChI=1S/C11H8BrClF3NO3S/c12-8-2-1-6(21(13,19)20)5-7(8)9(18)17-10(3-4-10)11(14,15)16/h1-2,5H,3-4H2,(H,17,18). The molecule has 1 aliphatic rings. The molecular weight excluding hydrogens is 399 g/mol. The molecule has 0 radical (unpaired) electrons. The van der Waals surface area contributed by atoms with E-state index in [9.17, 15) is 26.4 Å². The van der Waals surface area contributed by atoms with Crippen molar-refractivity contribution in [2.75, 3.05) is 0 Å². The van der Waals surface area contributed by atoms with E-state index >= 15 is 0 Å². The Labute approximate surface area is 131 Å². The van der Waals surface area contributed by atoms with Crippen molar-refractivity contribution in [2.45, 2.75) is 29.5 Å². The molecule has 116 valence electrons. The highest BCUT2D eigenvalue weighted by molar-refractivity contribution is 9.10. The smallest absolute Gasteiger partial charge is 0.338 e. The number of carbonyl (C=O) groups is 1. The fraction of sp³-hybridized carbons (Fsp3) is 0.364. The van der Waals surface area contributed by atoms with E-state index in [2.05, 4.69) is 15.9 Å². The van der Waals surface area contributed by atoms with E-state index in [4.69, 9.17) is 10.7 Å². The van der Waals surface area contributed by atoms with Crippen LogP contribution in [0.25, 0.3) is 0 Å². The van der Waals surface area contributed by atoms with E-state index < -0.39 is 26.7 Å². The molecule has 10 heteroatoms. The average molecular weight is 407 g/mol. The molecular formula is C11H8BrClF3NO3S. The number of rotatable bonds is 3. The zero-order chi connectivity index (χ0) is 16.1. The minimum Gasteiger partial charge on any atom is -0.338 e. The van der Waals surface area contributed by atoms with Crippen LogP contribution in [0.4, 0.5) is 13.2 Å². The lowest BCUT2D eigenvalue weighted by atomic mass is 10.2. The Morgan fingerprint density at radius 3 is 2.33 bits per heavy atom. The molecule has 1 aromatic carbocycles. The summed E-state index contributed by atoms with van der Waals surface area (Å²) in [6, 6.07) is 3.30. The SMILES string of the molecule is O=C(NC1(C(F)(F)F)CC1)c1cc(S(=O)(=O)Cl)ccc1Br. The molecule has 1 aromatic rings. The van der Waals surface area contributed by atoms with Gasteiger partial charge in [0.25, 0.3) is 15.0 Å². The first kappa shape index (κ1) is 16.6. The molecule has 1 amide bonds. The molecule has 1 fully saturated rings. The van der Waals surface area contributed by atoms with E-state index in [0.717, 1.165) is 12.1 Å². The Morgan fingerprint density at radius 1 is 1.33 bits per heavy atom. The quantitative estimate of drug-likeness (QED) is 0.784. The number of amides is 1. The van der Waals surface area contributed by atoms with Gasteiger partial charge in [-0.15, -0.1) is 0 Å². The number of hydrogen-bond donors (Lipinski definition) is 1. The van der Waals surface area contributed by atoms with Crippen LogP contribution in [0.15, 0.2) is 27.6 Å². The second kappa shape index (κ2) is 5.13. The summed E-state index contributed by atoms with van der Waals surface area (Å²) in [6.07, 6.45) is -4.95. The number of alkyl halides is 3. The zero-order valence-electron chi connectivity index (χ0n) is 10.2. The molecule has 0 bridgehead atoms. The number of benzene rings is 1. The van der Waals surface area contributed by atoms with E-state index in [0.29, 0.717) is 0 Å². The highest BCUT2D eigenvalue weighted by Crippen LogP contribution is 2.49. The average Bonchev–Trinajstić information content (AvgIpc) is 3.08. The third-order valence-corrected chi connectivity index (χ3v) is 5.15. The van der Waals surface area contributed by atoms with Crippen molar-refractivity contribution >= 4 is 41.6 Å². The van der Waals surface area contributed by atoms with Crippen molar-refractivity contribution < 1.29 is 26.4 Å². The molecule has 21 heavy (non-hydrogen) atoms. The molecule has 0 aromatic heterocycles. The maximum atomic E-state index is 12.8. The molecule has 2 rings (SSSR count). The van der Waals surface area contributed by atoms with Crippen molar-refractivity contribution in [2.24, 2.45) is 0 Å². The lowest BCUT2D eigenvalue weighted by molar-refractivity contribution is -0.163. The number of hydrogen-bond acceptors (Lipinski definition) is 3. The summed E-state index contributed by atoms with van der Waals surface area (Å²) in [5, 5.41) is 1.91. The predicted molar refractivity (Wildman–Crippen MR) is 72.7 cm³/mol. The van der Waals surface area contributed by atoms with Gasteiger partial charge < -0.3 is 5.32 Å². The maximum absolute atomic E-state index is 12.8. The fourth-order valence-corrected chi connectivity index (χ4v) is 2.92. The molecule has 0 unspecified atom stereocenters. The van der Waals surface area contributed by atoms with Crippen LogP contribution in [0.1, 0.15) is 23.2 Å². The van der Waals surface area contributed by atoms with Gasteiger partial charge in [-0.2, -0.15) is 13.2 Å². The van der Waals surface area contributed by atoms with E-state index in [1.165, 1.54) is 6.07 Å². The third-order valence-electron chi connectivity index (χ3n) is 3.11. The van der Waals surface area contributed by atoms with Crippen molar-refractivity contribution in [1.82, 2.24) is 5.32 Å². The Kier molecular flexibility index (Phi) is 4.05. The predicted octanol–water partition coefficient (Wildman–Crippen LogP) is 3.20. The first-order valence-electron chi connectivity index (χ1n) is 5.60. The summed E-state index contributed by atoms with van der Waals surface area (Å²) in [5.74, 6) is -1.01. The van der Waals surface area contributed by atoms with Crippen LogP contribution in [0.5, 0.6) is 0 Å². The molecule has 0 saturated heterocycles. The van der Waals surface area contributed by atoms with Crippen molar-refractivity contribution in [3.05, 3.63) is 28.2 Å². The van der Waals surface area contributed by atoms with E-state index in [1.54, 1.807) is 0 Å². The minimum absolute atomic E-state index is 0.169. The summed E-state index contributed by atoms with van der Waals surface area (Å²) in [5.41, 5.74) is -2.45. The van der Waals surface area contributed by atoms with Crippen LogP contribution in [0.3, 0.4) is 0 Å². The summed E-state index contributed by atoms with van der Waals surface area (Å²) in [7, 11) is 1.07. The van der Waals surface area contributed by atoms with Crippen molar-refractivity contribution in [3.63, 3.8) is 0 Å². The lowest BCUT2D eigenvalue weighted by Gasteiger charge is -2.21. The van der Waals surface area contributed by atoms with Crippen LogP contribution in [0, 0.1) is 0 Å². The van der Waals surface area contributed by atoms with Crippen LogP contribution in [-0.2, 0) is 9.05 Å². The van der Waals surface area contributed by atoms with Crippen molar-refractivity contribution in [3.8, 4) is 0 Å². The first-order chi connectivity index (χ1) is 9.46. The van der Waals surface area contributed by atoms with Gasteiger partial charge in [-0.1, -0.05) is 0 Å². The number of nitrogens with one attached hydrogen (secondary N) is 1. The molecule has 0 spiro atoms. The molecule has 0 aliphatic heterocycles. The molecule has 1 saturated carbocycles. The summed E-state index contributed by atoms with van der Waals surface area (Å²) in [4.78, 5) is 11.6. The Hall–Kier alpha value is -0.800. The number of carbonyl (C=O) groups excluding carboxylic acids is 1. The normalized spacial score (nSPS) is 17.4. The molecule has 4 nitrogen and oxygen atoms in total. The maximum Gasteiger partial charge on any atom is 0.411 e. The highest BCUT2D eigenvalue weighted by atomic mass is 79.9. The molecule has 1 aliphatic carbocycles. The number of halogens is 5. The van der Waals surface area contributed by atoms with E-state index in [-0.39, 0.29) is 27.8 Å². The second-order valence-corrected chi connectivity index (χ2v) is 8.03. The zero-order valence-corrected chi connectivity index (χ0v) is 13.3. The summed E-state index contributed by atoms with van der Waals surface area (Å²) in [6.45, 7) is 0. The lowest BCUT2D eigenvalue weighted by Crippen LogP contribution is -2.47. The topological polar surface area (TPSA) is 63.2 Å². The van der Waals surface area contributed by atoms with Crippen LogP contribution < -0.4 is 5.32 Å². The van der Waals surface area contributed by atoms with Gasteiger partial charge in [0.15, 0.2) is 0 Å². The fourth-order valence-electron chi connectivity index (χ4n) is 1.72. The van der Waals surface area contributed by atoms with Crippen LogP contribution in [-0.4, -0.2) is 26.0 Å². The van der Waals surface area contributed by atoms with Gasteiger partial charge in [0.1, 0.15) is 5.54 Å².